The second-order valence-corrected chi connectivity index (χ2v) is 6.86. The third-order valence-corrected chi connectivity index (χ3v) is 4.88. The number of aliphatic hydroxyl groups is 1. The molecule has 0 aliphatic carbocycles. The summed E-state index contributed by atoms with van der Waals surface area (Å²) in [7, 11) is 0. The lowest BCUT2D eigenvalue weighted by molar-refractivity contribution is -0.00627. The van der Waals surface area contributed by atoms with Crippen molar-refractivity contribution in [1.82, 2.24) is 24.6 Å². The van der Waals surface area contributed by atoms with Crippen LogP contribution >= 0.6 is 11.6 Å². The topological polar surface area (TPSA) is 85.0 Å². The minimum atomic E-state index is -0.878. The summed E-state index contributed by atoms with van der Waals surface area (Å²) in [5, 5.41) is 19.2. The molecule has 0 saturated carbocycles. The lowest BCUT2D eigenvalue weighted by atomic mass is 9.92. The van der Waals surface area contributed by atoms with Gasteiger partial charge in [0.15, 0.2) is 5.65 Å². The molecule has 0 amide bonds. The van der Waals surface area contributed by atoms with Crippen molar-refractivity contribution in [3.8, 4) is 5.69 Å². The number of benzene rings is 1. The summed E-state index contributed by atoms with van der Waals surface area (Å²) >= 11 is 5.92. The normalized spacial score (nSPS) is 17.0. The third-order valence-electron chi connectivity index (χ3n) is 4.62. The van der Waals surface area contributed by atoms with Crippen LogP contribution in [0.15, 0.2) is 41.6 Å². The minimum absolute atomic E-state index is 0.197. The highest BCUT2D eigenvalue weighted by molar-refractivity contribution is 6.30. The molecule has 1 aliphatic heterocycles. The lowest BCUT2D eigenvalue weighted by Gasteiger charge is -2.32. The van der Waals surface area contributed by atoms with Gasteiger partial charge in [-0.25, -0.2) is 9.67 Å². The Morgan fingerprint density at radius 1 is 1.24 bits per heavy atom. The van der Waals surface area contributed by atoms with Crippen molar-refractivity contribution >= 4 is 22.6 Å². The van der Waals surface area contributed by atoms with Crippen LogP contribution in [0, 0.1) is 0 Å². The fourth-order valence-corrected chi connectivity index (χ4v) is 3.33. The van der Waals surface area contributed by atoms with E-state index in [4.69, 9.17) is 11.6 Å². The first-order valence-electron chi connectivity index (χ1n) is 8.18. The van der Waals surface area contributed by atoms with Crippen molar-refractivity contribution in [3.63, 3.8) is 0 Å². The molecule has 130 valence electrons. The SMILES string of the molecule is O=c1c2cnn(-c3ccc(Cl)cc3)c2ncn1CC1(O)CCNCC1. The van der Waals surface area contributed by atoms with Gasteiger partial charge in [-0.15, -0.1) is 0 Å². The van der Waals surface area contributed by atoms with E-state index in [1.165, 1.54) is 17.1 Å². The van der Waals surface area contributed by atoms with Crippen molar-refractivity contribution in [3.05, 3.63) is 52.2 Å². The molecule has 7 nitrogen and oxygen atoms in total. The Balaban J connectivity index is 1.72. The van der Waals surface area contributed by atoms with Crippen LogP contribution in [0.4, 0.5) is 0 Å². The predicted molar refractivity (Wildman–Crippen MR) is 95.2 cm³/mol. The van der Waals surface area contributed by atoms with Crippen LogP contribution in [0.3, 0.4) is 0 Å². The van der Waals surface area contributed by atoms with Crippen LogP contribution in [0.2, 0.25) is 5.02 Å². The molecule has 0 unspecified atom stereocenters. The molecule has 0 bridgehead atoms. The summed E-state index contributed by atoms with van der Waals surface area (Å²) in [6, 6.07) is 7.16. The number of nitrogens with one attached hydrogen (secondary N) is 1. The molecule has 2 N–H and O–H groups in total. The van der Waals surface area contributed by atoms with Gasteiger partial charge in [-0.2, -0.15) is 5.10 Å². The Morgan fingerprint density at radius 2 is 1.96 bits per heavy atom. The Bertz CT molecular complexity index is 957. The number of halogens is 1. The molecule has 1 fully saturated rings. The second-order valence-electron chi connectivity index (χ2n) is 6.42. The molecule has 25 heavy (non-hydrogen) atoms. The maximum Gasteiger partial charge on any atom is 0.264 e. The molecule has 3 aromatic rings. The monoisotopic (exact) mass is 359 g/mol. The quantitative estimate of drug-likeness (QED) is 0.737. The van der Waals surface area contributed by atoms with E-state index >= 15 is 0 Å². The van der Waals surface area contributed by atoms with Crippen LogP contribution in [0.5, 0.6) is 0 Å². The van der Waals surface area contributed by atoms with E-state index in [0.717, 1.165) is 18.8 Å². The molecule has 0 atom stereocenters. The predicted octanol–water partition coefficient (Wildman–Crippen LogP) is 1.35. The van der Waals surface area contributed by atoms with Gasteiger partial charge in [-0.3, -0.25) is 9.36 Å². The Morgan fingerprint density at radius 3 is 2.68 bits per heavy atom. The van der Waals surface area contributed by atoms with E-state index in [1.807, 2.05) is 12.1 Å². The van der Waals surface area contributed by atoms with E-state index in [-0.39, 0.29) is 12.1 Å². The van der Waals surface area contributed by atoms with Crippen LogP contribution in [-0.2, 0) is 6.54 Å². The summed E-state index contributed by atoms with van der Waals surface area (Å²) in [4.78, 5) is 17.2. The fourth-order valence-electron chi connectivity index (χ4n) is 3.20. The molecule has 3 heterocycles. The average molecular weight is 360 g/mol. The second kappa shape index (κ2) is 6.25. The Kier molecular flexibility index (Phi) is 4.07. The highest BCUT2D eigenvalue weighted by Crippen LogP contribution is 2.20. The number of rotatable bonds is 3. The van der Waals surface area contributed by atoms with Crippen LogP contribution in [0.25, 0.3) is 16.7 Å². The number of nitrogens with zero attached hydrogens (tertiary/aromatic N) is 4. The Labute approximate surface area is 148 Å². The first kappa shape index (κ1) is 16.3. The minimum Gasteiger partial charge on any atom is -0.388 e. The molecule has 4 rings (SSSR count). The molecule has 8 heteroatoms. The zero-order valence-electron chi connectivity index (χ0n) is 13.5. The molecule has 2 aromatic heterocycles. The first-order valence-corrected chi connectivity index (χ1v) is 8.56. The maximum atomic E-state index is 12.8. The van der Waals surface area contributed by atoms with Gasteiger partial charge in [0.2, 0.25) is 0 Å². The van der Waals surface area contributed by atoms with Gasteiger partial charge in [0, 0.05) is 5.02 Å². The number of aromatic nitrogens is 4. The standard InChI is InChI=1S/C17H18ClN5O2/c18-12-1-3-13(4-2-12)23-15-14(9-21-23)16(24)22(11-20-15)10-17(25)5-7-19-8-6-17/h1-4,9,11,19,25H,5-8,10H2. The smallest absolute Gasteiger partial charge is 0.264 e. The molecule has 0 spiro atoms. The molecular weight excluding hydrogens is 342 g/mol. The van der Waals surface area contributed by atoms with Crippen LogP contribution in [0.1, 0.15) is 12.8 Å². The number of piperidine rings is 1. The zero-order chi connectivity index (χ0) is 17.4. The third kappa shape index (κ3) is 3.06. The summed E-state index contributed by atoms with van der Waals surface area (Å²) in [6.45, 7) is 1.73. The molecule has 1 aliphatic rings. The number of hydrogen-bond acceptors (Lipinski definition) is 5. The lowest BCUT2D eigenvalue weighted by Crippen LogP contribution is -2.46. The Hall–Kier alpha value is -2.22. The van der Waals surface area contributed by atoms with Gasteiger partial charge in [-0.1, -0.05) is 11.6 Å². The van der Waals surface area contributed by atoms with Gasteiger partial charge in [0.1, 0.15) is 11.7 Å². The molecular formula is C17H18ClN5O2. The highest BCUT2D eigenvalue weighted by Gasteiger charge is 2.30. The van der Waals surface area contributed by atoms with Gasteiger partial charge in [0.05, 0.1) is 24.0 Å². The van der Waals surface area contributed by atoms with Gasteiger partial charge < -0.3 is 10.4 Å². The maximum absolute atomic E-state index is 12.8. The molecule has 1 aromatic carbocycles. The zero-order valence-corrected chi connectivity index (χ0v) is 14.3. The first-order chi connectivity index (χ1) is 12.1. The van der Waals surface area contributed by atoms with E-state index in [1.54, 1.807) is 16.8 Å². The summed E-state index contributed by atoms with van der Waals surface area (Å²) in [6.07, 6.45) is 4.23. The van der Waals surface area contributed by atoms with Gasteiger partial charge >= 0.3 is 0 Å². The van der Waals surface area contributed by atoms with Crippen LogP contribution in [-0.4, -0.2) is 43.1 Å². The van der Waals surface area contributed by atoms with Crippen molar-refractivity contribution < 1.29 is 5.11 Å². The van der Waals surface area contributed by atoms with Crippen molar-refractivity contribution in [1.29, 1.82) is 0 Å². The summed E-state index contributed by atoms with van der Waals surface area (Å²) in [5.41, 5.74) is 0.190. The van der Waals surface area contributed by atoms with E-state index in [2.05, 4.69) is 15.4 Å². The van der Waals surface area contributed by atoms with E-state index < -0.39 is 5.60 Å². The summed E-state index contributed by atoms with van der Waals surface area (Å²) in [5.74, 6) is 0. The van der Waals surface area contributed by atoms with Gasteiger partial charge in [-0.05, 0) is 50.2 Å². The highest BCUT2D eigenvalue weighted by atomic mass is 35.5. The van der Waals surface area contributed by atoms with Crippen molar-refractivity contribution in [2.45, 2.75) is 25.0 Å². The summed E-state index contributed by atoms with van der Waals surface area (Å²) < 4.78 is 3.08. The van der Waals surface area contributed by atoms with E-state index in [9.17, 15) is 9.90 Å². The molecule has 1 saturated heterocycles. The number of hydrogen-bond donors (Lipinski definition) is 2. The average Bonchev–Trinajstić information content (AvgIpc) is 3.03. The van der Waals surface area contributed by atoms with E-state index in [0.29, 0.717) is 28.9 Å². The van der Waals surface area contributed by atoms with Crippen molar-refractivity contribution in [2.24, 2.45) is 0 Å². The largest absolute Gasteiger partial charge is 0.388 e. The van der Waals surface area contributed by atoms with Crippen molar-refractivity contribution in [2.75, 3.05) is 13.1 Å². The van der Waals surface area contributed by atoms with Crippen LogP contribution < -0.4 is 10.9 Å². The molecule has 0 radical (unpaired) electrons. The number of fused-ring (bicyclic) bond motifs is 1. The van der Waals surface area contributed by atoms with Gasteiger partial charge in [0.25, 0.3) is 5.56 Å². The fraction of sp³-hybridized carbons (Fsp3) is 0.353.